The number of aliphatic hydroxyl groups is 2. The lowest BCUT2D eigenvalue weighted by Crippen LogP contribution is -2.46. The molecule has 0 bridgehead atoms. The third-order valence-electron chi connectivity index (χ3n) is 3.64. The summed E-state index contributed by atoms with van der Waals surface area (Å²) in [4.78, 5) is 0.00939. The summed E-state index contributed by atoms with van der Waals surface area (Å²) >= 11 is 3.22. The van der Waals surface area contributed by atoms with E-state index >= 15 is 0 Å². The molecule has 2 atom stereocenters. The molecule has 1 fully saturated rings. The first-order valence-electron chi connectivity index (χ1n) is 6.92. The number of sulfone groups is 1. The molecule has 0 aromatic heterocycles. The molecule has 2 N–H and O–H groups in total. The van der Waals surface area contributed by atoms with Gasteiger partial charge in [0.25, 0.3) is 0 Å². The number of benzene rings is 1. The predicted octanol–water partition coefficient (Wildman–Crippen LogP) is -0.0199. The number of rotatable bonds is 6. The van der Waals surface area contributed by atoms with Gasteiger partial charge < -0.3 is 10.2 Å². The fourth-order valence-electron chi connectivity index (χ4n) is 2.45. The topological polar surface area (TPSA) is 112 Å². The average molecular weight is 428 g/mol. The first-order valence-corrected chi connectivity index (χ1v) is 11.0. The van der Waals surface area contributed by atoms with Crippen LogP contribution in [0.25, 0.3) is 0 Å². The van der Waals surface area contributed by atoms with Crippen molar-refractivity contribution < 1.29 is 27.0 Å². The zero-order valence-corrected chi connectivity index (χ0v) is 15.4. The second-order valence-electron chi connectivity index (χ2n) is 5.42. The molecular weight excluding hydrogens is 410 g/mol. The normalized spacial score (nSPS) is 22.3. The van der Waals surface area contributed by atoms with E-state index in [1.165, 1.54) is 12.1 Å². The van der Waals surface area contributed by atoms with E-state index in [0.717, 1.165) is 4.31 Å². The lowest BCUT2D eigenvalue weighted by Gasteiger charge is -2.28. The van der Waals surface area contributed by atoms with Gasteiger partial charge in [0, 0.05) is 17.1 Å². The molecule has 2 rings (SSSR count). The summed E-state index contributed by atoms with van der Waals surface area (Å²) in [5, 5.41) is 18.7. The van der Waals surface area contributed by atoms with Gasteiger partial charge in [-0.3, -0.25) is 0 Å². The lowest BCUT2D eigenvalue weighted by atomic mass is 10.2. The van der Waals surface area contributed by atoms with Crippen LogP contribution in [0.5, 0.6) is 0 Å². The van der Waals surface area contributed by atoms with Gasteiger partial charge in [-0.1, -0.05) is 15.9 Å². The fraction of sp³-hybridized carbons (Fsp3) is 0.538. The molecule has 1 heterocycles. The van der Waals surface area contributed by atoms with Gasteiger partial charge in [0.2, 0.25) is 10.0 Å². The maximum absolute atomic E-state index is 12.8. The van der Waals surface area contributed by atoms with Crippen LogP contribution in [0.4, 0.5) is 0 Å². The lowest BCUT2D eigenvalue weighted by molar-refractivity contribution is 0.0730. The van der Waals surface area contributed by atoms with Crippen LogP contribution in [0.3, 0.4) is 0 Å². The summed E-state index contributed by atoms with van der Waals surface area (Å²) in [5.74, 6) is -0.361. The number of hydrogen-bond acceptors (Lipinski definition) is 6. The third-order valence-corrected chi connectivity index (χ3v) is 7.85. The molecule has 1 saturated heterocycles. The van der Waals surface area contributed by atoms with Crippen LogP contribution in [0.15, 0.2) is 33.6 Å². The van der Waals surface area contributed by atoms with Gasteiger partial charge in [0.15, 0.2) is 9.84 Å². The molecule has 0 spiro atoms. The van der Waals surface area contributed by atoms with Crippen LogP contribution < -0.4 is 0 Å². The molecular formula is C13H18BrNO6S2. The minimum absolute atomic E-state index is 0.00939. The van der Waals surface area contributed by atoms with E-state index < -0.39 is 38.6 Å². The Labute approximate surface area is 144 Å². The molecule has 1 aliphatic heterocycles. The van der Waals surface area contributed by atoms with Gasteiger partial charge in [-0.2, -0.15) is 4.31 Å². The molecule has 0 aliphatic carbocycles. The molecule has 0 radical (unpaired) electrons. The Balaban J connectivity index is 2.37. The molecule has 10 heteroatoms. The molecule has 0 unspecified atom stereocenters. The monoisotopic (exact) mass is 427 g/mol. The van der Waals surface area contributed by atoms with Crippen molar-refractivity contribution in [1.82, 2.24) is 4.31 Å². The summed E-state index contributed by atoms with van der Waals surface area (Å²) in [7, 11) is -7.27. The smallest absolute Gasteiger partial charge is 0.243 e. The zero-order valence-electron chi connectivity index (χ0n) is 12.2. The quantitative estimate of drug-likeness (QED) is 0.659. The van der Waals surface area contributed by atoms with Crippen LogP contribution in [0.1, 0.15) is 6.42 Å². The van der Waals surface area contributed by atoms with Gasteiger partial charge in [0.05, 0.1) is 29.1 Å². The van der Waals surface area contributed by atoms with E-state index in [2.05, 4.69) is 15.9 Å². The van der Waals surface area contributed by atoms with Gasteiger partial charge in [0.1, 0.15) is 0 Å². The molecule has 7 nitrogen and oxygen atoms in total. The first-order chi connectivity index (χ1) is 10.7. The summed E-state index contributed by atoms with van der Waals surface area (Å²) in [5.41, 5.74) is 0. The highest BCUT2D eigenvalue weighted by Crippen LogP contribution is 2.26. The Morgan fingerprint density at radius 2 is 1.91 bits per heavy atom. The van der Waals surface area contributed by atoms with Gasteiger partial charge in [-0.25, -0.2) is 16.8 Å². The van der Waals surface area contributed by atoms with Crippen LogP contribution in [0, 0.1) is 0 Å². The Hall–Kier alpha value is -0.520. The largest absolute Gasteiger partial charge is 0.394 e. The fourth-order valence-corrected chi connectivity index (χ4v) is 6.23. The Morgan fingerprint density at radius 3 is 2.39 bits per heavy atom. The second-order valence-corrected chi connectivity index (χ2v) is 10.5. The molecule has 0 saturated carbocycles. The van der Waals surface area contributed by atoms with Crippen LogP contribution in [-0.2, 0) is 19.9 Å². The van der Waals surface area contributed by atoms with Crippen molar-refractivity contribution in [2.75, 3.05) is 24.7 Å². The summed E-state index contributed by atoms with van der Waals surface area (Å²) < 4.78 is 50.7. The minimum atomic E-state index is -3.98. The van der Waals surface area contributed by atoms with Gasteiger partial charge >= 0.3 is 0 Å². The standard InChI is InChI=1S/C13H18BrNO6S2/c14-10-1-3-13(4-2-10)23(20,21)15(7-12(17)8-16)11-5-6-22(18,19)9-11/h1-4,11-12,16-17H,5-9H2/t11-,12+/m1/s1. The molecule has 23 heavy (non-hydrogen) atoms. The number of hydrogen-bond donors (Lipinski definition) is 2. The van der Waals surface area contributed by atoms with Crippen molar-refractivity contribution in [2.45, 2.75) is 23.5 Å². The van der Waals surface area contributed by atoms with Crippen molar-refractivity contribution in [2.24, 2.45) is 0 Å². The van der Waals surface area contributed by atoms with Crippen LogP contribution in [0.2, 0.25) is 0 Å². The van der Waals surface area contributed by atoms with Crippen molar-refractivity contribution >= 4 is 35.8 Å². The second kappa shape index (κ2) is 7.16. The van der Waals surface area contributed by atoms with Gasteiger partial charge in [-0.05, 0) is 30.7 Å². The molecule has 0 amide bonds. The maximum Gasteiger partial charge on any atom is 0.243 e. The Bertz CT molecular complexity index is 747. The highest BCUT2D eigenvalue weighted by atomic mass is 79.9. The van der Waals surface area contributed by atoms with E-state index in [4.69, 9.17) is 5.11 Å². The van der Waals surface area contributed by atoms with E-state index in [9.17, 15) is 21.9 Å². The Kier molecular flexibility index (Phi) is 5.85. The average Bonchev–Trinajstić information content (AvgIpc) is 2.84. The van der Waals surface area contributed by atoms with Crippen molar-refractivity contribution in [3.05, 3.63) is 28.7 Å². The maximum atomic E-state index is 12.8. The van der Waals surface area contributed by atoms with E-state index in [1.54, 1.807) is 12.1 Å². The number of halogens is 1. The van der Waals surface area contributed by atoms with Gasteiger partial charge in [-0.15, -0.1) is 0 Å². The highest BCUT2D eigenvalue weighted by molar-refractivity contribution is 9.10. The SMILES string of the molecule is O=S1(=O)CC[C@@H](N(C[C@H](O)CO)S(=O)(=O)c2ccc(Br)cc2)C1. The van der Waals surface area contributed by atoms with E-state index in [1.807, 2.05) is 0 Å². The van der Waals surface area contributed by atoms with E-state index in [-0.39, 0.29) is 29.4 Å². The Morgan fingerprint density at radius 1 is 1.30 bits per heavy atom. The summed E-state index contributed by atoms with van der Waals surface area (Å²) in [6.45, 7) is -0.957. The van der Waals surface area contributed by atoms with E-state index in [0.29, 0.717) is 4.47 Å². The highest BCUT2D eigenvalue weighted by Gasteiger charge is 2.39. The summed E-state index contributed by atoms with van der Waals surface area (Å²) in [6, 6.07) is 5.20. The molecule has 1 aromatic carbocycles. The van der Waals surface area contributed by atoms with Crippen molar-refractivity contribution in [1.29, 1.82) is 0 Å². The van der Waals surface area contributed by atoms with Crippen LogP contribution >= 0.6 is 15.9 Å². The summed E-state index contributed by atoms with van der Waals surface area (Å²) in [6.07, 6.45) is -1.10. The number of aliphatic hydroxyl groups excluding tert-OH is 2. The number of nitrogens with zero attached hydrogens (tertiary/aromatic N) is 1. The first kappa shape index (κ1) is 18.8. The minimum Gasteiger partial charge on any atom is -0.394 e. The predicted molar refractivity (Wildman–Crippen MR) is 88.2 cm³/mol. The molecule has 130 valence electrons. The van der Waals surface area contributed by atoms with Crippen molar-refractivity contribution in [3.8, 4) is 0 Å². The number of sulfonamides is 1. The zero-order chi connectivity index (χ0) is 17.3. The van der Waals surface area contributed by atoms with Crippen LogP contribution in [-0.4, -0.2) is 68.2 Å². The molecule has 1 aromatic rings. The molecule has 1 aliphatic rings. The van der Waals surface area contributed by atoms with Crippen molar-refractivity contribution in [3.63, 3.8) is 0 Å². The third kappa shape index (κ3) is 4.52.